The van der Waals surface area contributed by atoms with Crippen molar-refractivity contribution in [1.29, 1.82) is 0 Å². The fourth-order valence-corrected chi connectivity index (χ4v) is 4.78. The van der Waals surface area contributed by atoms with Gasteiger partial charge in [-0.25, -0.2) is 12.7 Å². The van der Waals surface area contributed by atoms with Crippen LogP contribution in [-0.2, 0) is 10.0 Å². The number of rotatable bonds is 5. The third-order valence-corrected chi connectivity index (χ3v) is 7.43. The van der Waals surface area contributed by atoms with Crippen molar-refractivity contribution in [2.45, 2.75) is 37.6 Å². The molecule has 0 N–H and O–H groups in total. The van der Waals surface area contributed by atoms with Crippen LogP contribution in [0.5, 0.6) is 5.75 Å². The highest BCUT2D eigenvalue weighted by Gasteiger charge is 2.32. The fraction of sp³-hybridized carbons (Fsp3) is 0.409. The van der Waals surface area contributed by atoms with Crippen LogP contribution in [0.25, 0.3) is 0 Å². The number of benzene rings is 2. The van der Waals surface area contributed by atoms with Crippen molar-refractivity contribution in [3.05, 3.63) is 58.7 Å². The zero-order chi connectivity index (χ0) is 21.3. The van der Waals surface area contributed by atoms with E-state index in [1.54, 1.807) is 12.1 Å². The van der Waals surface area contributed by atoms with Crippen molar-refractivity contribution < 1.29 is 17.9 Å². The Labute approximate surface area is 173 Å². The predicted octanol–water partition coefficient (Wildman–Crippen LogP) is 3.54. The molecule has 1 unspecified atom stereocenters. The van der Waals surface area contributed by atoms with Gasteiger partial charge in [0.15, 0.2) is 0 Å². The zero-order valence-electron chi connectivity index (χ0n) is 17.6. The Morgan fingerprint density at radius 3 is 2.45 bits per heavy atom. The van der Waals surface area contributed by atoms with Crippen molar-refractivity contribution in [3.8, 4) is 5.75 Å². The molecule has 1 aliphatic rings. The molecule has 0 radical (unpaired) electrons. The maximum Gasteiger partial charge on any atom is 0.254 e. The van der Waals surface area contributed by atoms with Gasteiger partial charge in [-0.15, -0.1) is 0 Å². The summed E-state index contributed by atoms with van der Waals surface area (Å²) < 4.78 is 31.7. The van der Waals surface area contributed by atoms with E-state index in [0.29, 0.717) is 12.1 Å². The molecule has 6 nitrogen and oxygen atoms in total. The lowest BCUT2D eigenvalue weighted by Crippen LogP contribution is -2.31. The van der Waals surface area contributed by atoms with Gasteiger partial charge in [-0.3, -0.25) is 4.79 Å². The largest absolute Gasteiger partial charge is 0.495 e. The van der Waals surface area contributed by atoms with Crippen molar-refractivity contribution in [3.63, 3.8) is 0 Å². The summed E-state index contributed by atoms with van der Waals surface area (Å²) in [6.45, 7) is 4.79. The molecule has 29 heavy (non-hydrogen) atoms. The van der Waals surface area contributed by atoms with Gasteiger partial charge < -0.3 is 9.64 Å². The summed E-state index contributed by atoms with van der Waals surface area (Å²) in [4.78, 5) is 15.2. The smallest absolute Gasteiger partial charge is 0.254 e. The van der Waals surface area contributed by atoms with E-state index in [1.807, 2.05) is 4.90 Å². The lowest BCUT2D eigenvalue weighted by atomic mass is 9.99. The molecule has 0 aliphatic carbocycles. The molecule has 1 fully saturated rings. The molecule has 1 amide bonds. The number of nitrogens with zero attached hydrogens (tertiary/aromatic N) is 2. The van der Waals surface area contributed by atoms with Gasteiger partial charge in [0.05, 0.1) is 13.2 Å². The minimum Gasteiger partial charge on any atom is -0.495 e. The van der Waals surface area contributed by atoms with Crippen LogP contribution in [0.1, 0.15) is 45.9 Å². The predicted molar refractivity (Wildman–Crippen MR) is 113 cm³/mol. The third-order valence-electron chi connectivity index (χ3n) is 5.60. The number of methoxy groups -OCH3 is 1. The molecule has 1 atom stereocenters. The van der Waals surface area contributed by atoms with Gasteiger partial charge in [-0.05, 0) is 61.6 Å². The number of hydrogen-bond donors (Lipinski definition) is 0. The molecular formula is C22H28N2O4S. The molecule has 1 aliphatic heterocycles. The molecule has 7 heteroatoms. The van der Waals surface area contributed by atoms with Crippen molar-refractivity contribution >= 4 is 15.9 Å². The molecule has 2 aromatic rings. The Hall–Kier alpha value is -2.38. The summed E-state index contributed by atoms with van der Waals surface area (Å²) in [6.07, 6.45) is 1.82. The molecule has 0 bridgehead atoms. The van der Waals surface area contributed by atoms with Crippen LogP contribution in [-0.4, -0.2) is 51.3 Å². The molecule has 1 heterocycles. The lowest BCUT2D eigenvalue weighted by molar-refractivity contribution is 0.0735. The maximum atomic E-state index is 13.3. The van der Waals surface area contributed by atoms with E-state index >= 15 is 0 Å². The average molecular weight is 417 g/mol. The number of sulfonamides is 1. The highest BCUT2D eigenvalue weighted by atomic mass is 32.2. The van der Waals surface area contributed by atoms with Gasteiger partial charge in [0.1, 0.15) is 10.6 Å². The Balaban J connectivity index is 1.98. The quantitative estimate of drug-likeness (QED) is 0.748. The average Bonchev–Trinajstić information content (AvgIpc) is 3.18. The van der Waals surface area contributed by atoms with Gasteiger partial charge in [0.2, 0.25) is 10.0 Å². The van der Waals surface area contributed by atoms with E-state index in [2.05, 4.69) is 32.0 Å². The van der Waals surface area contributed by atoms with Crippen LogP contribution in [0.15, 0.2) is 41.3 Å². The van der Waals surface area contributed by atoms with E-state index in [0.717, 1.165) is 22.7 Å². The number of amides is 1. The Kier molecular flexibility index (Phi) is 6.00. The first kappa shape index (κ1) is 21.3. The number of ether oxygens (including phenoxy) is 1. The summed E-state index contributed by atoms with van der Waals surface area (Å²) in [7, 11) is 0.596. The third kappa shape index (κ3) is 4.02. The molecular weight excluding hydrogens is 388 g/mol. The molecule has 0 spiro atoms. The van der Waals surface area contributed by atoms with Gasteiger partial charge in [-0.1, -0.05) is 18.2 Å². The Bertz CT molecular complexity index is 1030. The van der Waals surface area contributed by atoms with Gasteiger partial charge in [0.25, 0.3) is 5.91 Å². The lowest BCUT2D eigenvalue weighted by Gasteiger charge is -2.26. The molecule has 0 aromatic heterocycles. The van der Waals surface area contributed by atoms with E-state index in [1.165, 1.54) is 38.4 Å². The first-order valence-corrected chi connectivity index (χ1v) is 11.1. The highest BCUT2D eigenvalue weighted by molar-refractivity contribution is 7.89. The SMILES string of the molecule is COc1ccc(C(=O)N2CCCC2c2ccc(C)c(C)c2)cc1S(=O)(=O)N(C)C. The fourth-order valence-electron chi connectivity index (χ4n) is 3.70. The summed E-state index contributed by atoms with van der Waals surface area (Å²) in [5.74, 6) is 0.0611. The van der Waals surface area contributed by atoms with Crippen molar-refractivity contribution in [2.75, 3.05) is 27.7 Å². The number of aryl methyl sites for hydroxylation is 2. The van der Waals surface area contributed by atoms with E-state index in [4.69, 9.17) is 4.74 Å². The second kappa shape index (κ2) is 8.16. The van der Waals surface area contributed by atoms with Gasteiger partial charge in [-0.2, -0.15) is 0 Å². The Morgan fingerprint density at radius 2 is 1.83 bits per heavy atom. The van der Waals surface area contributed by atoms with E-state index < -0.39 is 10.0 Å². The van der Waals surface area contributed by atoms with Crippen molar-refractivity contribution in [2.24, 2.45) is 0 Å². The van der Waals surface area contributed by atoms with Crippen LogP contribution >= 0.6 is 0 Å². The standard InChI is InChI=1S/C22H28N2O4S/c1-15-8-9-17(13-16(15)2)19-7-6-12-24(19)22(25)18-10-11-20(28-5)21(14-18)29(26,27)23(3)4/h8-11,13-14,19H,6-7,12H2,1-5H3. The second-order valence-corrected chi connectivity index (χ2v) is 9.77. The van der Waals surface area contributed by atoms with Crippen LogP contribution in [0, 0.1) is 13.8 Å². The van der Waals surface area contributed by atoms with Gasteiger partial charge >= 0.3 is 0 Å². The van der Waals surface area contributed by atoms with Crippen LogP contribution < -0.4 is 4.74 Å². The minimum atomic E-state index is -3.74. The Morgan fingerprint density at radius 1 is 1.10 bits per heavy atom. The molecule has 3 rings (SSSR count). The summed E-state index contributed by atoms with van der Waals surface area (Å²) in [5.41, 5.74) is 3.89. The number of likely N-dealkylation sites (tertiary alicyclic amines) is 1. The minimum absolute atomic E-state index is 0.00203. The summed E-state index contributed by atoms with van der Waals surface area (Å²) in [6, 6.07) is 10.9. The number of carbonyl (C=O) groups is 1. The first-order valence-electron chi connectivity index (χ1n) is 9.65. The second-order valence-electron chi connectivity index (χ2n) is 7.65. The first-order chi connectivity index (χ1) is 13.7. The maximum absolute atomic E-state index is 13.3. The van der Waals surface area contributed by atoms with Crippen molar-refractivity contribution in [1.82, 2.24) is 9.21 Å². The summed E-state index contributed by atoms with van der Waals surface area (Å²) >= 11 is 0. The normalized spacial score (nSPS) is 17.0. The van der Waals surface area contributed by atoms with Crippen LogP contribution in [0.2, 0.25) is 0 Å². The highest BCUT2D eigenvalue weighted by Crippen LogP contribution is 2.35. The zero-order valence-corrected chi connectivity index (χ0v) is 18.4. The monoisotopic (exact) mass is 416 g/mol. The molecule has 156 valence electrons. The molecule has 0 saturated carbocycles. The number of carbonyl (C=O) groups excluding carboxylic acids is 1. The van der Waals surface area contributed by atoms with E-state index in [-0.39, 0.29) is 22.6 Å². The van der Waals surface area contributed by atoms with Crippen LogP contribution in [0.4, 0.5) is 0 Å². The van der Waals surface area contributed by atoms with Gasteiger partial charge in [0, 0.05) is 26.2 Å². The topological polar surface area (TPSA) is 66.9 Å². The van der Waals surface area contributed by atoms with E-state index in [9.17, 15) is 13.2 Å². The number of hydrogen-bond acceptors (Lipinski definition) is 4. The van der Waals surface area contributed by atoms with Crippen LogP contribution in [0.3, 0.4) is 0 Å². The molecule has 1 saturated heterocycles. The summed E-state index contributed by atoms with van der Waals surface area (Å²) in [5, 5.41) is 0. The molecule has 2 aromatic carbocycles.